The molecule has 3 aromatic carbocycles. The minimum atomic E-state index is -1.24. The van der Waals surface area contributed by atoms with Crippen LogP contribution >= 0.6 is 23.2 Å². The fourth-order valence-corrected chi connectivity index (χ4v) is 3.23. The van der Waals surface area contributed by atoms with E-state index in [-0.39, 0.29) is 12.0 Å². The Morgan fingerprint density at radius 2 is 1.54 bits per heavy atom. The van der Waals surface area contributed by atoms with Crippen molar-refractivity contribution in [3.8, 4) is 0 Å². The Labute approximate surface area is 170 Å². The van der Waals surface area contributed by atoms with Gasteiger partial charge in [-0.15, -0.1) is 0 Å². The second-order valence-electron chi connectivity index (χ2n) is 6.25. The fourth-order valence-electron chi connectivity index (χ4n) is 2.89. The van der Waals surface area contributed by atoms with Gasteiger partial charge in [0.1, 0.15) is 11.6 Å². The van der Waals surface area contributed by atoms with Crippen LogP contribution in [-0.2, 0) is 6.42 Å². The summed E-state index contributed by atoms with van der Waals surface area (Å²) in [6.07, 6.45) is -0.00317. The first-order valence-electron chi connectivity index (χ1n) is 8.38. The first-order chi connectivity index (χ1) is 13.3. The van der Waals surface area contributed by atoms with E-state index in [0.29, 0.717) is 15.6 Å². The molecular weight excluding hydrogens is 405 g/mol. The zero-order valence-electron chi connectivity index (χ0n) is 14.5. The average molecular weight is 419 g/mol. The molecule has 0 saturated heterocycles. The van der Waals surface area contributed by atoms with E-state index >= 15 is 0 Å². The van der Waals surface area contributed by atoms with Gasteiger partial charge in [-0.2, -0.15) is 0 Å². The summed E-state index contributed by atoms with van der Waals surface area (Å²) >= 11 is 11.8. The number of halogens is 4. The van der Waals surface area contributed by atoms with Crippen molar-refractivity contribution in [3.05, 3.63) is 105 Å². The van der Waals surface area contributed by atoms with Crippen LogP contribution < -0.4 is 0 Å². The van der Waals surface area contributed by atoms with Crippen molar-refractivity contribution in [1.82, 2.24) is 0 Å². The van der Waals surface area contributed by atoms with Gasteiger partial charge in [0.25, 0.3) is 0 Å². The standard InChI is InChI=1S/C22H14Cl2F2O2/c23-15-6-4-14(5-7-15)21(27)19(11-13-2-1-3-16(24)10-13)22(28)18-12-17(25)8-9-20(18)26/h1-10,12,19H,11H2. The number of Topliss-reactive ketones (excluding diaryl/α,β-unsaturated/α-hetero) is 2. The Bertz CT molecular complexity index is 1030. The molecule has 28 heavy (non-hydrogen) atoms. The molecule has 0 aromatic heterocycles. The van der Waals surface area contributed by atoms with E-state index in [2.05, 4.69) is 0 Å². The zero-order chi connectivity index (χ0) is 20.3. The molecular formula is C22H14Cl2F2O2. The van der Waals surface area contributed by atoms with Gasteiger partial charge >= 0.3 is 0 Å². The Morgan fingerprint density at radius 1 is 0.821 bits per heavy atom. The van der Waals surface area contributed by atoms with E-state index < -0.39 is 34.7 Å². The van der Waals surface area contributed by atoms with Crippen LogP contribution in [0.4, 0.5) is 8.78 Å². The molecule has 0 N–H and O–H groups in total. The lowest BCUT2D eigenvalue weighted by molar-refractivity contribution is 0.0804. The summed E-state index contributed by atoms with van der Waals surface area (Å²) in [4.78, 5) is 26.0. The maximum absolute atomic E-state index is 14.2. The fraction of sp³-hybridized carbons (Fsp3) is 0.0909. The molecule has 0 saturated carbocycles. The molecule has 0 radical (unpaired) electrons. The molecule has 3 aromatic rings. The van der Waals surface area contributed by atoms with Crippen molar-refractivity contribution >= 4 is 34.8 Å². The number of benzene rings is 3. The van der Waals surface area contributed by atoms with E-state index in [4.69, 9.17) is 23.2 Å². The third-order valence-corrected chi connectivity index (χ3v) is 4.77. The van der Waals surface area contributed by atoms with Gasteiger partial charge in [0.05, 0.1) is 11.5 Å². The summed E-state index contributed by atoms with van der Waals surface area (Å²) in [5.41, 5.74) is 0.418. The largest absolute Gasteiger partial charge is 0.293 e. The molecule has 0 spiro atoms. The Morgan fingerprint density at radius 3 is 2.21 bits per heavy atom. The number of carbonyl (C=O) groups is 2. The minimum absolute atomic E-state index is 0.00317. The predicted molar refractivity (Wildman–Crippen MR) is 105 cm³/mol. The first-order valence-corrected chi connectivity index (χ1v) is 9.14. The van der Waals surface area contributed by atoms with Gasteiger partial charge in [-0.1, -0.05) is 35.3 Å². The molecule has 0 heterocycles. The van der Waals surface area contributed by atoms with Crippen LogP contribution in [0.15, 0.2) is 66.7 Å². The van der Waals surface area contributed by atoms with Crippen molar-refractivity contribution in [2.24, 2.45) is 5.92 Å². The topological polar surface area (TPSA) is 34.1 Å². The number of ketones is 2. The summed E-state index contributed by atoms with van der Waals surface area (Å²) in [5.74, 6) is -4.19. The molecule has 0 aliphatic heterocycles. The number of hydrogen-bond acceptors (Lipinski definition) is 2. The molecule has 0 aliphatic carbocycles. The number of carbonyl (C=O) groups excluding carboxylic acids is 2. The van der Waals surface area contributed by atoms with Crippen molar-refractivity contribution < 1.29 is 18.4 Å². The van der Waals surface area contributed by atoms with Gasteiger partial charge in [-0.05, 0) is 66.6 Å². The minimum Gasteiger partial charge on any atom is -0.293 e. The normalized spacial score (nSPS) is 11.9. The summed E-state index contributed by atoms with van der Waals surface area (Å²) in [7, 11) is 0. The van der Waals surface area contributed by atoms with Crippen LogP contribution in [0.25, 0.3) is 0 Å². The monoisotopic (exact) mass is 418 g/mol. The lowest BCUT2D eigenvalue weighted by Crippen LogP contribution is -2.27. The summed E-state index contributed by atoms with van der Waals surface area (Å²) < 4.78 is 27.7. The van der Waals surface area contributed by atoms with E-state index in [1.165, 1.54) is 24.3 Å². The van der Waals surface area contributed by atoms with Crippen LogP contribution in [0.1, 0.15) is 26.3 Å². The van der Waals surface area contributed by atoms with Crippen LogP contribution in [0.5, 0.6) is 0 Å². The Kier molecular flexibility index (Phi) is 6.22. The van der Waals surface area contributed by atoms with E-state index in [1.807, 2.05) is 0 Å². The molecule has 2 nitrogen and oxygen atoms in total. The lowest BCUT2D eigenvalue weighted by atomic mass is 9.85. The highest BCUT2D eigenvalue weighted by Crippen LogP contribution is 2.24. The zero-order valence-corrected chi connectivity index (χ0v) is 16.0. The molecule has 1 atom stereocenters. The quantitative estimate of drug-likeness (QED) is 0.352. The summed E-state index contributed by atoms with van der Waals surface area (Å²) in [5, 5.41) is 0.880. The maximum Gasteiger partial charge on any atom is 0.177 e. The number of rotatable bonds is 6. The first kappa shape index (κ1) is 20.2. The average Bonchev–Trinajstić information content (AvgIpc) is 2.67. The SMILES string of the molecule is O=C(c1ccc(Cl)cc1)C(Cc1cccc(Cl)c1)C(=O)c1cc(F)ccc1F. The van der Waals surface area contributed by atoms with Crippen LogP contribution in [0.3, 0.4) is 0 Å². The molecule has 6 heteroatoms. The van der Waals surface area contributed by atoms with Crippen molar-refractivity contribution in [3.63, 3.8) is 0 Å². The van der Waals surface area contributed by atoms with Gasteiger partial charge in [0.2, 0.25) is 0 Å². The summed E-state index contributed by atoms with van der Waals surface area (Å²) in [6.45, 7) is 0. The van der Waals surface area contributed by atoms with Gasteiger partial charge in [-0.3, -0.25) is 9.59 Å². The summed E-state index contributed by atoms with van der Waals surface area (Å²) in [6, 6.07) is 15.3. The Balaban J connectivity index is 2.02. The van der Waals surface area contributed by atoms with Crippen LogP contribution in [0.2, 0.25) is 10.0 Å². The molecule has 142 valence electrons. The smallest absolute Gasteiger partial charge is 0.177 e. The third kappa shape index (κ3) is 4.64. The van der Waals surface area contributed by atoms with E-state index in [0.717, 1.165) is 18.2 Å². The highest BCUT2D eigenvalue weighted by molar-refractivity contribution is 6.31. The predicted octanol–water partition coefficient (Wildman–Crippen LogP) is 6.20. The van der Waals surface area contributed by atoms with Crippen molar-refractivity contribution in [2.45, 2.75) is 6.42 Å². The molecule has 3 rings (SSSR count). The Hall–Kier alpha value is -2.56. The van der Waals surface area contributed by atoms with Gasteiger partial charge < -0.3 is 0 Å². The van der Waals surface area contributed by atoms with Gasteiger partial charge in [-0.25, -0.2) is 8.78 Å². The van der Waals surface area contributed by atoms with Gasteiger partial charge in [0.15, 0.2) is 11.6 Å². The third-order valence-electron chi connectivity index (χ3n) is 4.28. The van der Waals surface area contributed by atoms with E-state index in [1.54, 1.807) is 24.3 Å². The highest BCUT2D eigenvalue weighted by Gasteiger charge is 2.30. The molecule has 0 amide bonds. The second-order valence-corrected chi connectivity index (χ2v) is 7.12. The second kappa shape index (κ2) is 8.63. The lowest BCUT2D eigenvalue weighted by Gasteiger charge is -2.16. The maximum atomic E-state index is 14.2. The van der Waals surface area contributed by atoms with Gasteiger partial charge in [0, 0.05) is 15.6 Å². The van der Waals surface area contributed by atoms with Crippen molar-refractivity contribution in [1.29, 1.82) is 0 Å². The molecule has 1 unspecified atom stereocenters. The molecule has 0 fully saturated rings. The molecule has 0 bridgehead atoms. The molecule has 0 aliphatic rings. The van der Waals surface area contributed by atoms with Crippen LogP contribution in [-0.4, -0.2) is 11.6 Å². The number of hydrogen-bond donors (Lipinski definition) is 0. The van der Waals surface area contributed by atoms with Crippen molar-refractivity contribution in [2.75, 3.05) is 0 Å². The van der Waals surface area contributed by atoms with E-state index in [9.17, 15) is 18.4 Å². The highest BCUT2D eigenvalue weighted by atomic mass is 35.5. The van der Waals surface area contributed by atoms with Crippen LogP contribution in [0, 0.1) is 17.6 Å².